The lowest BCUT2D eigenvalue weighted by Crippen LogP contribution is -2.28. The smallest absolute Gasteiger partial charge is 0.253 e. The Kier molecular flexibility index (Phi) is 4.21. The Hall–Kier alpha value is -2.44. The largest absolute Gasteiger partial charge is 0.370 e. The van der Waals surface area contributed by atoms with Gasteiger partial charge in [-0.3, -0.25) is 9.59 Å². The van der Waals surface area contributed by atoms with Crippen molar-refractivity contribution in [1.82, 2.24) is 20.1 Å². The van der Waals surface area contributed by atoms with Gasteiger partial charge in [-0.2, -0.15) is 5.10 Å². The summed E-state index contributed by atoms with van der Waals surface area (Å²) in [6.07, 6.45) is 1.81. The Balaban J connectivity index is 2.27. The third kappa shape index (κ3) is 3.18. The van der Waals surface area contributed by atoms with Crippen LogP contribution in [-0.2, 0) is 4.79 Å². The van der Waals surface area contributed by atoms with E-state index in [0.717, 1.165) is 11.0 Å². The van der Waals surface area contributed by atoms with E-state index < -0.39 is 5.91 Å². The number of amides is 2. The van der Waals surface area contributed by atoms with Gasteiger partial charge in [0.25, 0.3) is 5.91 Å². The molecule has 0 saturated heterocycles. The van der Waals surface area contributed by atoms with Crippen LogP contribution in [0.25, 0.3) is 11.0 Å². The van der Waals surface area contributed by atoms with Crippen LogP contribution in [0, 0.1) is 6.92 Å². The lowest BCUT2D eigenvalue weighted by molar-refractivity contribution is -0.117. The maximum atomic E-state index is 12.1. The maximum absolute atomic E-state index is 12.1. The van der Waals surface area contributed by atoms with Crippen LogP contribution in [0.4, 0.5) is 0 Å². The minimum Gasteiger partial charge on any atom is -0.370 e. The van der Waals surface area contributed by atoms with Crippen LogP contribution >= 0.6 is 0 Å². The zero-order chi connectivity index (χ0) is 15.6. The first kappa shape index (κ1) is 15.0. The zero-order valence-corrected chi connectivity index (χ0v) is 12.4. The molecule has 0 radical (unpaired) electrons. The molecule has 0 fully saturated rings. The fraction of sp³-hybridized carbons (Fsp3) is 0.429. The Bertz CT molecular complexity index is 690. The first-order valence-electron chi connectivity index (χ1n) is 6.81. The van der Waals surface area contributed by atoms with E-state index in [1.165, 1.54) is 0 Å². The highest BCUT2D eigenvalue weighted by molar-refractivity contribution is 5.98. The van der Waals surface area contributed by atoms with Crippen LogP contribution in [0.5, 0.6) is 0 Å². The molecule has 0 aliphatic carbocycles. The number of nitrogens with zero attached hydrogens (tertiary/aromatic N) is 3. The number of hydrogen-bond donors (Lipinski definition) is 2. The van der Waals surface area contributed by atoms with E-state index in [1.54, 1.807) is 19.2 Å². The summed E-state index contributed by atoms with van der Waals surface area (Å²) < 4.78 is 1.82. The number of carbonyl (C=O) groups is 2. The number of fused-ring (bicyclic) bond motifs is 1. The number of primary amides is 1. The lowest BCUT2D eigenvalue weighted by atomic mass is 10.1. The highest BCUT2D eigenvalue weighted by Crippen LogP contribution is 2.19. The van der Waals surface area contributed by atoms with Gasteiger partial charge in [0, 0.05) is 24.4 Å². The predicted molar refractivity (Wildman–Crippen MR) is 78.8 cm³/mol. The van der Waals surface area contributed by atoms with Gasteiger partial charge in [0.1, 0.15) is 0 Å². The van der Waals surface area contributed by atoms with Gasteiger partial charge in [-0.1, -0.05) is 0 Å². The van der Waals surface area contributed by atoms with Gasteiger partial charge in [0.2, 0.25) is 5.91 Å². The van der Waals surface area contributed by atoms with Crippen LogP contribution in [0.1, 0.15) is 42.4 Å². The van der Waals surface area contributed by atoms with Gasteiger partial charge in [-0.25, -0.2) is 9.67 Å². The van der Waals surface area contributed by atoms with Crippen LogP contribution in [-0.4, -0.2) is 33.1 Å². The highest BCUT2D eigenvalue weighted by atomic mass is 16.2. The molecule has 7 nitrogen and oxygen atoms in total. The van der Waals surface area contributed by atoms with Gasteiger partial charge < -0.3 is 11.1 Å². The third-order valence-corrected chi connectivity index (χ3v) is 3.15. The SMILES string of the molecule is Cc1nc2c(cnn2C(C)C)cc1C(=O)NCCC(N)=O. The van der Waals surface area contributed by atoms with Crippen LogP contribution in [0.15, 0.2) is 12.3 Å². The minimum atomic E-state index is -0.446. The van der Waals surface area contributed by atoms with Crippen molar-refractivity contribution in [1.29, 1.82) is 0 Å². The van der Waals surface area contributed by atoms with Crippen molar-refractivity contribution < 1.29 is 9.59 Å². The van der Waals surface area contributed by atoms with E-state index >= 15 is 0 Å². The van der Waals surface area contributed by atoms with E-state index in [1.807, 2.05) is 18.5 Å². The first-order chi connectivity index (χ1) is 9.90. The summed E-state index contributed by atoms with van der Waals surface area (Å²) in [4.78, 5) is 27.2. The average Bonchev–Trinajstić information content (AvgIpc) is 2.79. The van der Waals surface area contributed by atoms with Crippen molar-refractivity contribution in [3.8, 4) is 0 Å². The summed E-state index contributed by atoms with van der Waals surface area (Å²) in [7, 11) is 0. The summed E-state index contributed by atoms with van der Waals surface area (Å²) in [5, 5.41) is 7.76. The molecule has 0 unspecified atom stereocenters. The molecule has 0 saturated carbocycles. The van der Waals surface area contributed by atoms with E-state index in [0.29, 0.717) is 11.3 Å². The third-order valence-electron chi connectivity index (χ3n) is 3.15. The summed E-state index contributed by atoms with van der Waals surface area (Å²) in [6, 6.07) is 1.97. The first-order valence-corrected chi connectivity index (χ1v) is 6.81. The molecule has 2 aromatic heterocycles. The van der Waals surface area contributed by atoms with E-state index in [4.69, 9.17) is 5.73 Å². The molecule has 2 heterocycles. The quantitative estimate of drug-likeness (QED) is 0.854. The normalized spacial score (nSPS) is 11.0. The average molecular weight is 289 g/mol. The van der Waals surface area contributed by atoms with Gasteiger partial charge >= 0.3 is 0 Å². The molecule has 0 aliphatic rings. The van der Waals surface area contributed by atoms with Crippen LogP contribution in [0.3, 0.4) is 0 Å². The molecule has 112 valence electrons. The molecule has 0 spiro atoms. The van der Waals surface area contributed by atoms with E-state index in [2.05, 4.69) is 15.4 Å². The van der Waals surface area contributed by atoms with Crippen molar-refractivity contribution in [2.45, 2.75) is 33.2 Å². The number of carbonyl (C=O) groups excluding carboxylic acids is 2. The lowest BCUT2D eigenvalue weighted by Gasteiger charge is -2.09. The van der Waals surface area contributed by atoms with Crippen molar-refractivity contribution in [3.05, 3.63) is 23.5 Å². The Labute approximate surface area is 122 Å². The van der Waals surface area contributed by atoms with Crippen LogP contribution < -0.4 is 11.1 Å². The Morgan fingerprint density at radius 1 is 1.43 bits per heavy atom. The maximum Gasteiger partial charge on any atom is 0.253 e. The van der Waals surface area contributed by atoms with Crippen molar-refractivity contribution >= 4 is 22.8 Å². The molecule has 3 N–H and O–H groups in total. The fourth-order valence-electron chi connectivity index (χ4n) is 2.07. The molecule has 2 aromatic rings. The number of pyridine rings is 1. The number of rotatable bonds is 5. The predicted octanol–water partition coefficient (Wildman–Crippen LogP) is 0.926. The van der Waals surface area contributed by atoms with Gasteiger partial charge in [0.15, 0.2) is 5.65 Å². The molecule has 21 heavy (non-hydrogen) atoms. The van der Waals surface area contributed by atoms with Gasteiger partial charge in [-0.05, 0) is 26.8 Å². The molecular weight excluding hydrogens is 270 g/mol. The summed E-state index contributed by atoms with van der Waals surface area (Å²) >= 11 is 0. The summed E-state index contributed by atoms with van der Waals surface area (Å²) in [6.45, 7) is 6.04. The topological polar surface area (TPSA) is 103 Å². The van der Waals surface area contributed by atoms with Gasteiger partial charge in [-0.15, -0.1) is 0 Å². The monoisotopic (exact) mass is 289 g/mol. The van der Waals surface area contributed by atoms with Crippen molar-refractivity contribution in [2.75, 3.05) is 6.54 Å². The highest BCUT2D eigenvalue weighted by Gasteiger charge is 2.15. The number of nitrogens with one attached hydrogen (secondary N) is 1. The molecule has 2 rings (SSSR count). The molecule has 0 bridgehead atoms. The number of aromatic nitrogens is 3. The summed E-state index contributed by atoms with van der Waals surface area (Å²) in [5.74, 6) is -0.709. The minimum absolute atomic E-state index is 0.117. The second-order valence-corrected chi connectivity index (χ2v) is 5.19. The fourth-order valence-corrected chi connectivity index (χ4v) is 2.07. The Morgan fingerprint density at radius 2 is 2.14 bits per heavy atom. The second kappa shape index (κ2) is 5.90. The molecule has 0 aromatic carbocycles. The molecular formula is C14H19N5O2. The Morgan fingerprint density at radius 3 is 2.76 bits per heavy atom. The molecule has 2 amide bonds. The van der Waals surface area contributed by atoms with Crippen molar-refractivity contribution in [2.24, 2.45) is 5.73 Å². The van der Waals surface area contributed by atoms with E-state index in [9.17, 15) is 9.59 Å². The molecule has 0 atom stereocenters. The number of nitrogens with two attached hydrogens (primary N) is 1. The number of aryl methyl sites for hydroxylation is 1. The van der Waals surface area contributed by atoms with Crippen molar-refractivity contribution in [3.63, 3.8) is 0 Å². The number of hydrogen-bond acceptors (Lipinski definition) is 4. The standard InChI is InChI=1S/C14H19N5O2/c1-8(2)19-13-10(7-17-19)6-11(9(3)18-13)14(21)16-5-4-12(15)20/h6-8H,4-5H2,1-3H3,(H2,15,20)(H,16,21). The second-order valence-electron chi connectivity index (χ2n) is 5.19. The van der Waals surface area contributed by atoms with E-state index in [-0.39, 0.29) is 24.9 Å². The van der Waals surface area contributed by atoms with Crippen LogP contribution in [0.2, 0.25) is 0 Å². The zero-order valence-electron chi connectivity index (χ0n) is 12.4. The molecule has 7 heteroatoms. The summed E-state index contributed by atoms with van der Waals surface area (Å²) in [5.41, 5.74) is 6.91. The molecule has 0 aliphatic heterocycles. The van der Waals surface area contributed by atoms with Gasteiger partial charge in [0.05, 0.1) is 17.5 Å².